The number of rotatable bonds is 2. The van der Waals surface area contributed by atoms with Gasteiger partial charge in [-0.3, -0.25) is 4.79 Å². The van der Waals surface area contributed by atoms with Crippen molar-refractivity contribution < 1.29 is 4.79 Å². The third-order valence-corrected chi connectivity index (χ3v) is 6.43. The van der Waals surface area contributed by atoms with E-state index in [-0.39, 0.29) is 27.2 Å². The summed E-state index contributed by atoms with van der Waals surface area (Å²) in [6, 6.07) is 0.411. The van der Waals surface area contributed by atoms with Crippen molar-refractivity contribution >= 4 is 29.1 Å². The van der Waals surface area contributed by atoms with Crippen LogP contribution in [-0.4, -0.2) is 23.4 Å². The molecule has 3 fully saturated rings. The van der Waals surface area contributed by atoms with Gasteiger partial charge in [-0.2, -0.15) is 0 Å². The van der Waals surface area contributed by atoms with E-state index in [0.717, 1.165) is 19.4 Å². The van der Waals surface area contributed by atoms with Crippen molar-refractivity contribution in [3.8, 4) is 0 Å². The average molecular weight is 344 g/mol. The van der Waals surface area contributed by atoms with Gasteiger partial charge < -0.3 is 4.90 Å². The molecular formula is C18H27Cl2NO. The molecule has 0 aromatic rings. The Labute approximate surface area is 144 Å². The van der Waals surface area contributed by atoms with Gasteiger partial charge in [0.15, 0.2) is 0 Å². The second-order valence-corrected chi connectivity index (χ2v) is 10.5. The molecule has 22 heavy (non-hydrogen) atoms. The Morgan fingerprint density at radius 3 is 2.36 bits per heavy atom. The van der Waals surface area contributed by atoms with Crippen LogP contribution in [0, 0.1) is 28.1 Å². The Bertz CT molecular complexity index is 535. The quantitative estimate of drug-likeness (QED) is 0.690. The average Bonchev–Trinajstić information content (AvgIpc) is 2.70. The third kappa shape index (κ3) is 2.71. The predicted molar refractivity (Wildman–Crippen MR) is 91.8 cm³/mol. The maximum atomic E-state index is 13.1. The first-order valence-electron chi connectivity index (χ1n) is 8.29. The van der Waals surface area contributed by atoms with Gasteiger partial charge in [-0.15, -0.1) is 0 Å². The van der Waals surface area contributed by atoms with Crippen LogP contribution >= 0.6 is 23.2 Å². The largest absolute Gasteiger partial charge is 0.339 e. The van der Waals surface area contributed by atoms with Gasteiger partial charge in [-0.05, 0) is 47.5 Å². The number of nitrogens with zero attached hydrogens (tertiary/aromatic N) is 1. The summed E-state index contributed by atoms with van der Waals surface area (Å²) in [6.07, 6.45) is 5.34. The molecule has 2 bridgehead atoms. The van der Waals surface area contributed by atoms with Crippen LogP contribution in [0.2, 0.25) is 0 Å². The molecule has 0 radical (unpaired) electrons. The van der Waals surface area contributed by atoms with Crippen LogP contribution in [0.3, 0.4) is 0 Å². The van der Waals surface area contributed by atoms with Crippen LogP contribution in [-0.2, 0) is 4.79 Å². The first-order chi connectivity index (χ1) is 9.95. The Morgan fingerprint density at radius 1 is 1.14 bits per heavy atom. The molecule has 2 saturated carbocycles. The minimum absolute atomic E-state index is 0.0285. The standard InChI is InChI=1S/C18H27Cl2NO/c1-16(2)7-11-8-18(5,9-16)10-21(11)15(22)14-12(6-13(19)20)17(14,3)4/h6,11-12,14H,7-10H2,1-5H3/t11-,12+,14-,18+/m0/s1. The molecule has 1 aliphatic heterocycles. The molecule has 0 spiro atoms. The molecule has 3 rings (SSSR count). The number of fused-ring (bicyclic) bond motifs is 2. The van der Waals surface area contributed by atoms with Crippen molar-refractivity contribution in [2.45, 2.75) is 59.9 Å². The van der Waals surface area contributed by atoms with Crippen LogP contribution in [0.5, 0.6) is 0 Å². The van der Waals surface area contributed by atoms with Crippen LogP contribution < -0.4 is 0 Å². The van der Waals surface area contributed by atoms with E-state index in [4.69, 9.17) is 23.2 Å². The number of likely N-dealkylation sites (tertiary alicyclic amines) is 1. The first kappa shape index (κ1) is 16.6. The Morgan fingerprint density at radius 2 is 1.77 bits per heavy atom. The summed E-state index contributed by atoms with van der Waals surface area (Å²) in [7, 11) is 0. The molecule has 2 aliphatic carbocycles. The normalized spacial score (nSPS) is 41.2. The lowest BCUT2D eigenvalue weighted by Gasteiger charge is -2.39. The summed E-state index contributed by atoms with van der Waals surface area (Å²) in [5.74, 6) is 0.518. The summed E-state index contributed by atoms with van der Waals surface area (Å²) < 4.78 is 0.279. The van der Waals surface area contributed by atoms with Crippen LogP contribution in [0.25, 0.3) is 0 Å². The van der Waals surface area contributed by atoms with E-state index < -0.39 is 0 Å². The van der Waals surface area contributed by atoms with Crippen molar-refractivity contribution in [2.24, 2.45) is 28.1 Å². The summed E-state index contributed by atoms with van der Waals surface area (Å²) in [5.41, 5.74) is 0.598. The summed E-state index contributed by atoms with van der Waals surface area (Å²) in [5, 5.41) is 0. The minimum Gasteiger partial charge on any atom is -0.339 e. The van der Waals surface area contributed by atoms with Crippen molar-refractivity contribution in [3.05, 3.63) is 10.6 Å². The molecule has 2 nitrogen and oxygen atoms in total. The number of allylic oxidation sites excluding steroid dienone is 1. The van der Waals surface area contributed by atoms with Gasteiger partial charge in [0.05, 0.1) is 5.92 Å². The highest BCUT2D eigenvalue weighted by molar-refractivity contribution is 6.55. The van der Waals surface area contributed by atoms with Gasteiger partial charge in [0.1, 0.15) is 4.49 Å². The maximum absolute atomic E-state index is 13.1. The van der Waals surface area contributed by atoms with Gasteiger partial charge in [-0.25, -0.2) is 0 Å². The molecule has 1 heterocycles. The zero-order valence-corrected chi connectivity index (χ0v) is 15.8. The lowest BCUT2D eigenvalue weighted by atomic mass is 9.65. The molecule has 1 saturated heterocycles. The van der Waals surface area contributed by atoms with Gasteiger partial charge in [0, 0.05) is 12.6 Å². The lowest BCUT2D eigenvalue weighted by Crippen LogP contribution is -2.39. The maximum Gasteiger partial charge on any atom is 0.227 e. The van der Waals surface area contributed by atoms with Crippen LogP contribution in [0.15, 0.2) is 10.6 Å². The number of carbonyl (C=O) groups excluding carboxylic acids is 1. The van der Waals surface area contributed by atoms with Crippen molar-refractivity contribution in [3.63, 3.8) is 0 Å². The fourth-order valence-electron chi connectivity index (χ4n) is 5.49. The fraction of sp³-hybridized carbons (Fsp3) is 0.833. The molecule has 3 aliphatic rings. The van der Waals surface area contributed by atoms with E-state index in [1.807, 2.05) is 6.08 Å². The van der Waals surface area contributed by atoms with Crippen molar-refractivity contribution in [1.29, 1.82) is 0 Å². The first-order valence-corrected chi connectivity index (χ1v) is 9.04. The van der Waals surface area contributed by atoms with E-state index in [9.17, 15) is 4.79 Å². The molecule has 0 aromatic heterocycles. The molecule has 0 N–H and O–H groups in total. The van der Waals surface area contributed by atoms with Crippen LogP contribution in [0.4, 0.5) is 0 Å². The zero-order chi connectivity index (χ0) is 16.5. The SMILES string of the molecule is CC1(C)C[C@H]2C[C@@](C)(CN2C(=O)[C@@H]2[C@@H](C=C(Cl)Cl)C2(C)C)C1. The molecular weight excluding hydrogens is 317 g/mol. The molecule has 4 atom stereocenters. The molecule has 0 aromatic carbocycles. The van der Waals surface area contributed by atoms with E-state index in [1.54, 1.807) is 0 Å². The second-order valence-electron chi connectivity index (χ2n) is 9.46. The number of carbonyl (C=O) groups is 1. The zero-order valence-electron chi connectivity index (χ0n) is 14.2. The van der Waals surface area contributed by atoms with Gasteiger partial charge in [-0.1, -0.05) is 57.8 Å². The number of hydrogen-bond donors (Lipinski definition) is 0. The van der Waals surface area contributed by atoms with Crippen LogP contribution in [0.1, 0.15) is 53.9 Å². The highest BCUT2D eigenvalue weighted by Gasteiger charge is 2.63. The fourth-order valence-corrected chi connectivity index (χ4v) is 5.76. The van der Waals surface area contributed by atoms with Crippen molar-refractivity contribution in [1.82, 2.24) is 4.90 Å². The second kappa shape index (κ2) is 4.89. The monoisotopic (exact) mass is 343 g/mol. The lowest BCUT2D eigenvalue weighted by molar-refractivity contribution is -0.134. The minimum atomic E-state index is -0.0285. The van der Waals surface area contributed by atoms with Gasteiger partial charge >= 0.3 is 0 Å². The summed E-state index contributed by atoms with van der Waals surface area (Å²) >= 11 is 11.6. The van der Waals surface area contributed by atoms with Crippen molar-refractivity contribution in [2.75, 3.05) is 6.54 Å². The van der Waals surface area contributed by atoms with E-state index in [0.29, 0.717) is 17.4 Å². The van der Waals surface area contributed by atoms with Gasteiger partial charge in [0.2, 0.25) is 5.91 Å². The van der Waals surface area contributed by atoms with E-state index in [1.165, 1.54) is 6.42 Å². The molecule has 124 valence electrons. The third-order valence-electron chi connectivity index (χ3n) is 6.18. The Balaban J connectivity index is 1.79. The molecule has 1 amide bonds. The Kier molecular flexibility index (Phi) is 3.70. The predicted octanol–water partition coefficient (Wildman–Crippen LogP) is 5.00. The number of amides is 1. The van der Waals surface area contributed by atoms with E-state index >= 15 is 0 Å². The number of halogens is 2. The molecule has 0 unspecified atom stereocenters. The topological polar surface area (TPSA) is 20.3 Å². The highest BCUT2D eigenvalue weighted by atomic mass is 35.5. The summed E-state index contributed by atoms with van der Waals surface area (Å²) in [4.78, 5) is 15.3. The van der Waals surface area contributed by atoms with E-state index in [2.05, 4.69) is 39.5 Å². The Hall–Kier alpha value is -0.210. The smallest absolute Gasteiger partial charge is 0.227 e. The molecule has 4 heteroatoms. The summed E-state index contributed by atoms with van der Waals surface area (Å²) in [6.45, 7) is 12.2. The number of hydrogen-bond acceptors (Lipinski definition) is 1. The van der Waals surface area contributed by atoms with Gasteiger partial charge in [0.25, 0.3) is 0 Å². The highest BCUT2D eigenvalue weighted by Crippen LogP contribution is 2.62.